The molecule has 2 N–H and O–H groups in total. The number of aliphatic hydroxyl groups excluding tert-OH is 2. The number of rotatable bonds is 7. The minimum atomic E-state index is -0.226. The van der Waals surface area contributed by atoms with E-state index in [2.05, 4.69) is 13.8 Å². The predicted octanol–water partition coefficient (Wildman–Crippen LogP) is 5.50. The SMILES string of the molecule is C[C@H](CCC(=O)c1ccccc1)[C@H]1CC[C@H]2[C@H]3CC[C@H](CCO)C[C@@H]3C[C@@H](O)[C@]12C. The normalized spacial score (nSPS) is 39.2. The lowest BCUT2D eigenvalue weighted by molar-refractivity contribution is -0.124. The number of carbonyl (C=O) groups is 1. The molecule has 3 aliphatic rings. The standard InChI is InChI=1S/C27H40O3/c1-18(8-13-25(29)20-6-4-3-5-7-20)23-11-12-24-22-10-9-19(14-15-28)16-21(22)17-26(30)27(23,24)2/h3-7,18-19,21-24,26,28,30H,8-17H2,1-2H3/t18-,19-,21-,22+,23-,24+,26-,27-/m1/s1. The fraction of sp³-hybridized carbons (Fsp3) is 0.741. The largest absolute Gasteiger partial charge is 0.396 e. The van der Waals surface area contributed by atoms with Gasteiger partial charge in [0.1, 0.15) is 0 Å². The Bertz CT molecular complexity index is 716. The van der Waals surface area contributed by atoms with Crippen LogP contribution in [-0.4, -0.2) is 28.7 Å². The minimum Gasteiger partial charge on any atom is -0.396 e. The van der Waals surface area contributed by atoms with Crippen LogP contribution in [0, 0.1) is 40.9 Å². The quantitative estimate of drug-likeness (QED) is 0.582. The van der Waals surface area contributed by atoms with Crippen molar-refractivity contribution in [1.82, 2.24) is 0 Å². The van der Waals surface area contributed by atoms with Crippen molar-refractivity contribution in [3.63, 3.8) is 0 Å². The van der Waals surface area contributed by atoms with Crippen molar-refractivity contribution in [2.24, 2.45) is 40.9 Å². The zero-order valence-electron chi connectivity index (χ0n) is 18.8. The van der Waals surface area contributed by atoms with E-state index in [-0.39, 0.29) is 17.3 Å². The summed E-state index contributed by atoms with van der Waals surface area (Å²) in [7, 11) is 0. The molecule has 0 aliphatic heterocycles. The maximum Gasteiger partial charge on any atom is 0.162 e. The Hall–Kier alpha value is -1.19. The van der Waals surface area contributed by atoms with Gasteiger partial charge < -0.3 is 10.2 Å². The average molecular weight is 413 g/mol. The van der Waals surface area contributed by atoms with Crippen molar-refractivity contribution in [2.75, 3.05) is 6.61 Å². The molecule has 30 heavy (non-hydrogen) atoms. The van der Waals surface area contributed by atoms with E-state index in [1.165, 1.54) is 32.1 Å². The van der Waals surface area contributed by atoms with Gasteiger partial charge in [-0.05, 0) is 85.9 Å². The molecule has 3 heteroatoms. The van der Waals surface area contributed by atoms with Gasteiger partial charge in [0.25, 0.3) is 0 Å². The van der Waals surface area contributed by atoms with Gasteiger partial charge in [0.15, 0.2) is 5.78 Å². The van der Waals surface area contributed by atoms with Gasteiger partial charge in [-0.25, -0.2) is 0 Å². The van der Waals surface area contributed by atoms with Crippen LogP contribution in [-0.2, 0) is 0 Å². The maximum atomic E-state index is 12.6. The summed E-state index contributed by atoms with van der Waals surface area (Å²) in [6, 6.07) is 9.65. The Morgan fingerprint density at radius 1 is 1.13 bits per heavy atom. The highest BCUT2D eigenvalue weighted by Crippen LogP contribution is 2.63. The number of benzene rings is 1. The molecule has 3 saturated carbocycles. The first-order chi connectivity index (χ1) is 14.4. The first kappa shape index (κ1) is 22.0. The first-order valence-electron chi connectivity index (χ1n) is 12.3. The van der Waals surface area contributed by atoms with E-state index < -0.39 is 0 Å². The van der Waals surface area contributed by atoms with Gasteiger partial charge >= 0.3 is 0 Å². The molecule has 4 rings (SSSR count). The minimum absolute atomic E-state index is 0.000192. The molecule has 0 spiro atoms. The number of fused-ring (bicyclic) bond motifs is 3. The Kier molecular flexibility index (Phi) is 6.70. The van der Waals surface area contributed by atoms with E-state index in [1.54, 1.807) is 0 Å². The molecule has 3 nitrogen and oxygen atoms in total. The van der Waals surface area contributed by atoms with Gasteiger partial charge in [0.05, 0.1) is 6.10 Å². The van der Waals surface area contributed by atoms with Gasteiger partial charge in [0.2, 0.25) is 0 Å². The van der Waals surface area contributed by atoms with Crippen molar-refractivity contribution in [1.29, 1.82) is 0 Å². The summed E-state index contributed by atoms with van der Waals surface area (Å²) in [5.41, 5.74) is 0.820. The molecule has 0 radical (unpaired) electrons. The molecule has 0 amide bonds. The third kappa shape index (κ3) is 4.00. The van der Waals surface area contributed by atoms with Crippen molar-refractivity contribution < 1.29 is 15.0 Å². The molecule has 0 saturated heterocycles. The van der Waals surface area contributed by atoms with E-state index in [0.29, 0.717) is 42.6 Å². The van der Waals surface area contributed by atoms with Crippen LogP contribution < -0.4 is 0 Å². The highest BCUT2D eigenvalue weighted by Gasteiger charge is 2.59. The van der Waals surface area contributed by atoms with Crippen LogP contribution in [0.2, 0.25) is 0 Å². The molecule has 0 heterocycles. The number of hydrogen-bond acceptors (Lipinski definition) is 3. The molecule has 0 aromatic heterocycles. The average Bonchev–Trinajstić information content (AvgIpc) is 3.12. The number of ketones is 1. The van der Waals surface area contributed by atoms with Gasteiger partial charge in [-0.3, -0.25) is 4.79 Å². The summed E-state index contributed by atoms with van der Waals surface area (Å²) in [5.74, 6) is 3.87. The number of carbonyl (C=O) groups excluding carboxylic acids is 1. The van der Waals surface area contributed by atoms with E-state index >= 15 is 0 Å². The van der Waals surface area contributed by atoms with Crippen molar-refractivity contribution in [2.45, 2.75) is 77.7 Å². The van der Waals surface area contributed by atoms with Gasteiger partial charge in [-0.15, -0.1) is 0 Å². The molecular formula is C27H40O3. The molecule has 166 valence electrons. The first-order valence-corrected chi connectivity index (χ1v) is 12.3. The second-order valence-corrected chi connectivity index (χ2v) is 10.8. The van der Waals surface area contributed by atoms with Crippen LogP contribution in [0.1, 0.15) is 82.0 Å². The number of Topliss-reactive ketones (excluding diaryl/α,β-unsaturated/α-hetero) is 1. The van der Waals surface area contributed by atoms with Crippen LogP contribution in [0.3, 0.4) is 0 Å². The van der Waals surface area contributed by atoms with Gasteiger partial charge in [0, 0.05) is 18.6 Å². The number of aliphatic hydroxyl groups is 2. The summed E-state index contributed by atoms with van der Waals surface area (Å²) in [4.78, 5) is 12.6. The molecule has 8 atom stereocenters. The van der Waals surface area contributed by atoms with Crippen LogP contribution in [0.25, 0.3) is 0 Å². The van der Waals surface area contributed by atoms with Crippen molar-refractivity contribution >= 4 is 5.78 Å². The second-order valence-electron chi connectivity index (χ2n) is 10.8. The third-order valence-electron chi connectivity index (χ3n) is 9.44. The summed E-state index contributed by atoms with van der Waals surface area (Å²) < 4.78 is 0. The zero-order valence-corrected chi connectivity index (χ0v) is 18.8. The molecule has 1 aromatic carbocycles. The van der Waals surface area contributed by atoms with Crippen LogP contribution >= 0.6 is 0 Å². The second kappa shape index (κ2) is 9.12. The van der Waals surface area contributed by atoms with E-state index in [9.17, 15) is 15.0 Å². The molecule has 1 aromatic rings. The van der Waals surface area contributed by atoms with Crippen molar-refractivity contribution in [3.8, 4) is 0 Å². The molecule has 3 fully saturated rings. The molecular weight excluding hydrogens is 372 g/mol. The Morgan fingerprint density at radius 3 is 2.63 bits per heavy atom. The highest BCUT2D eigenvalue weighted by molar-refractivity contribution is 5.95. The smallest absolute Gasteiger partial charge is 0.162 e. The lowest BCUT2D eigenvalue weighted by atomic mass is 9.51. The Labute approximate surface area is 182 Å². The third-order valence-corrected chi connectivity index (χ3v) is 9.44. The molecule has 3 aliphatic carbocycles. The molecule has 0 bridgehead atoms. The summed E-state index contributed by atoms with van der Waals surface area (Å²) in [6.45, 7) is 4.98. The molecule has 0 unspecified atom stereocenters. The maximum absolute atomic E-state index is 12.6. The highest BCUT2D eigenvalue weighted by atomic mass is 16.3. The Balaban J connectivity index is 1.41. The van der Waals surface area contributed by atoms with Gasteiger partial charge in [-0.1, -0.05) is 50.6 Å². The van der Waals surface area contributed by atoms with E-state index in [0.717, 1.165) is 30.7 Å². The predicted molar refractivity (Wildman–Crippen MR) is 120 cm³/mol. The van der Waals surface area contributed by atoms with Crippen LogP contribution in [0.5, 0.6) is 0 Å². The summed E-state index contributed by atoms with van der Waals surface area (Å²) in [5, 5.41) is 20.7. The monoisotopic (exact) mass is 412 g/mol. The summed E-state index contributed by atoms with van der Waals surface area (Å²) >= 11 is 0. The summed E-state index contributed by atoms with van der Waals surface area (Å²) in [6.07, 6.45) is 9.31. The number of hydrogen-bond donors (Lipinski definition) is 2. The van der Waals surface area contributed by atoms with E-state index in [4.69, 9.17) is 0 Å². The van der Waals surface area contributed by atoms with E-state index in [1.807, 2.05) is 30.3 Å². The zero-order chi connectivity index (χ0) is 21.3. The lowest BCUT2D eigenvalue weighted by Crippen LogP contribution is -2.53. The van der Waals surface area contributed by atoms with Gasteiger partial charge in [-0.2, -0.15) is 0 Å². The van der Waals surface area contributed by atoms with Crippen molar-refractivity contribution in [3.05, 3.63) is 35.9 Å². The lowest BCUT2D eigenvalue weighted by Gasteiger charge is -2.55. The fourth-order valence-electron chi connectivity index (χ4n) is 7.82. The topological polar surface area (TPSA) is 57.5 Å². The van der Waals surface area contributed by atoms with Crippen LogP contribution in [0.15, 0.2) is 30.3 Å². The Morgan fingerprint density at radius 2 is 1.90 bits per heavy atom. The fourth-order valence-corrected chi connectivity index (χ4v) is 7.82. The van der Waals surface area contributed by atoms with Crippen LogP contribution in [0.4, 0.5) is 0 Å².